The summed E-state index contributed by atoms with van der Waals surface area (Å²) in [6.45, 7) is 7.02. The molecular weight excluding hydrogens is 310 g/mol. The van der Waals surface area contributed by atoms with Gasteiger partial charge in [-0.15, -0.1) is 0 Å². The molecule has 1 aromatic carbocycles. The van der Waals surface area contributed by atoms with E-state index in [0.717, 1.165) is 5.56 Å². The first-order chi connectivity index (χ1) is 11.1. The Morgan fingerprint density at radius 3 is 2.50 bits per heavy atom. The number of ether oxygens (including phenoxy) is 2. The predicted octanol–water partition coefficient (Wildman–Crippen LogP) is 2.49. The Labute approximate surface area is 142 Å². The molecule has 0 aliphatic carbocycles. The number of carbonyl (C=O) groups excluding carboxylic acids is 2. The Morgan fingerprint density at radius 1 is 1.29 bits per heavy atom. The van der Waals surface area contributed by atoms with Crippen molar-refractivity contribution < 1.29 is 24.2 Å². The fourth-order valence-electron chi connectivity index (χ4n) is 2.71. The Hall–Kier alpha value is -2.08. The van der Waals surface area contributed by atoms with E-state index < -0.39 is 29.3 Å². The van der Waals surface area contributed by atoms with Crippen LogP contribution in [0.4, 0.5) is 4.79 Å². The minimum Gasteiger partial charge on any atom is -0.459 e. The van der Waals surface area contributed by atoms with Gasteiger partial charge in [-0.2, -0.15) is 0 Å². The van der Waals surface area contributed by atoms with E-state index in [1.807, 2.05) is 30.3 Å². The molecular formula is C18H25NO5. The number of hydrogen-bond donors (Lipinski definition) is 1. The molecule has 0 spiro atoms. The second-order valence-electron chi connectivity index (χ2n) is 7.28. The van der Waals surface area contributed by atoms with Crippen LogP contribution >= 0.6 is 0 Å². The maximum absolute atomic E-state index is 12.6. The predicted molar refractivity (Wildman–Crippen MR) is 88.2 cm³/mol. The average Bonchev–Trinajstić information content (AvgIpc) is 2.80. The van der Waals surface area contributed by atoms with Crippen LogP contribution in [0.25, 0.3) is 0 Å². The van der Waals surface area contributed by atoms with E-state index >= 15 is 0 Å². The van der Waals surface area contributed by atoms with Crippen molar-refractivity contribution in [3.05, 3.63) is 35.9 Å². The van der Waals surface area contributed by atoms with Crippen LogP contribution in [0.5, 0.6) is 0 Å². The third-order valence-electron chi connectivity index (χ3n) is 3.89. The molecule has 1 saturated heterocycles. The topological polar surface area (TPSA) is 76.1 Å². The molecule has 1 aromatic rings. The number of aliphatic hydroxyl groups is 1. The number of benzene rings is 1. The van der Waals surface area contributed by atoms with E-state index in [-0.39, 0.29) is 19.6 Å². The van der Waals surface area contributed by atoms with E-state index in [9.17, 15) is 14.7 Å². The van der Waals surface area contributed by atoms with Crippen LogP contribution in [0.3, 0.4) is 0 Å². The standard InChI is InChI=1S/C18H25NO5/c1-17(2,3)24-16(22)19-11-14(20)10-18(19,4)15(21)23-12-13-8-6-5-7-9-13/h5-9,14,20H,10-12H2,1-4H3/t14-,18-/m0/s1. The van der Waals surface area contributed by atoms with E-state index in [1.165, 1.54) is 4.90 Å². The first-order valence-corrected chi connectivity index (χ1v) is 8.02. The fraction of sp³-hybridized carbons (Fsp3) is 0.556. The van der Waals surface area contributed by atoms with Gasteiger partial charge < -0.3 is 14.6 Å². The number of esters is 1. The Balaban J connectivity index is 2.09. The van der Waals surface area contributed by atoms with Gasteiger partial charge in [-0.1, -0.05) is 30.3 Å². The van der Waals surface area contributed by atoms with Gasteiger partial charge in [0.1, 0.15) is 17.7 Å². The van der Waals surface area contributed by atoms with E-state index in [0.29, 0.717) is 0 Å². The zero-order valence-electron chi connectivity index (χ0n) is 14.6. The van der Waals surface area contributed by atoms with Crippen LogP contribution in [-0.4, -0.2) is 45.9 Å². The number of nitrogens with zero attached hydrogens (tertiary/aromatic N) is 1. The van der Waals surface area contributed by atoms with Crippen molar-refractivity contribution in [3.8, 4) is 0 Å². The van der Waals surface area contributed by atoms with Crippen molar-refractivity contribution in [2.24, 2.45) is 0 Å². The van der Waals surface area contributed by atoms with E-state index in [4.69, 9.17) is 9.47 Å². The van der Waals surface area contributed by atoms with Crippen LogP contribution in [0.2, 0.25) is 0 Å². The van der Waals surface area contributed by atoms with E-state index in [2.05, 4.69) is 0 Å². The Bertz CT molecular complexity index is 595. The van der Waals surface area contributed by atoms with Crippen molar-refractivity contribution in [3.63, 3.8) is 0 Å². The number of likely N-dealkylation sites (tertiary alicyclic amines) is 1. The molecule has 1 aliphatic rings. The minimum atomic E-state index is -1.24. The number of β-amino-alcohol motifs (C(OH)–C–C–N with tert-alkyl or cyclic N) is 1. The molecule has 24 heavy (non-hydrogen) atoms. The Kier molecular flexibility index (Phi) is 5.18. The lowest BCUT2D eigenvalue weighted by Crippen LogP contribution is -2.52. The maximum atomic E-state index is 12.6. The van der Waals surface area contributed by atoms with Gasteiger partial charge in [0.15, 0.2) is 0 Å². The van der Waals surface area contributed by atoms with Crippen molar-refractivity contribution in [1.29, 1.82) is 0 Å². The highest BCUT2D eigenvalue weighted by Gasteiger charge is 2.52. The van der Waals surface area contributed by atoms with E-state index in [1.54, 1.807) is 27.7 Å². The molecule has 1 aliphatic heterocycles. The smallest absolute Gasteiger partial charge is 0.411 e. The average molecular weight is 335 g/mol. The lowest BCUT2D eigenvalue weighted by molar-refractivity contribution is -0.156. The third kappa shape index (κ3) is 4.26. The highest BCUT2D eigenvalue weighted by Crippen LogP contribution is 2.32. The summed E-state index contributed by atoms with van der Waals surface area (Å²) >= 11 is 0. The summed E-state index contributed by atoms with van der Waals surface area (Å²) in [5, 5.41) is 9.96. The molecule has 0 unspecified atom stereocenters. The lowest BCUT2D eigenvalue weighted by Gasteiger charge is -2.34. The second kappa shape index (κ2) is 6.81. The number of amides is 1. The van der Waals surface area contributed by atoms with Crippen LogP contribution in [0, 0.1) is 0 Å². The van der Waals surface area contributed by atoms with Gasteiger partial charge in [0, 0.05) is 6.42 Å². The van der Waals surface area contributed by atoms with Crippen molar-refractivity contribution in [2.75, 3.05) is 6.54 Å². The monoisotopic (exact) mass is 335 g/mol. The molecule has 0 radical (unpaired) electrons. The molecule has 0 aromatic heterocycles. The number of hydrogen-bond acceptors (Lipinski definition) is 5. The quantitative estimate of drug-likeness (QED) is 0.859. The molecule has 1 N–H and O–H groups in total. The summed E-state index contributed by atoms with van der Waals surface area (Å²) in [4.78, 5) is 26.2. The molecule has 1 fully saturated rings. The lowest BCUT2D eigenvalue weighted by atomic mass is 9.98. The summed E-state index contributed by atoms with van der Waals surface area (Å²) in [7, 11) is 0. The number of carbonyl (C=O) groups is 2. The molecule has 0 saturated carbocycles. The summed E-state index contributed by atoms with van der Waals surface area (Å²) in [5.41, 5.74) is -1.06. The summed E-state index contributed by atoms with van der Waals surface area (Å²) in [6.07, 6.45) is -1.29. The SMILES string of the molecule is CC(C)(C)OC(=O)N1C[C@@H](O)C[C@@]1(C)C(=O)OCc1ccccc1. The molecule has 132 valence electrons. The third-order valence-corrected chi connectivity index (χ3v) is 3.89. The number of rotatable bonds is 3. The van der Waals surface area contributed by atoms with Gasteiger partial charge in [0.2, 0.25) is 0 Å². The largest absolute Gasteiger partial charge is 0.459 e. The molecule has 2 atom stereocenters. The highest BCUT2D eigenvalue weighted by atomic mass is 16.6. The highest BCUT2D eigenvalue weighted by molar-refractivity contribution is 5.86. The molecule has 2 rings (SSSR count). The molecule has 0 bridgehead atoms. The molecule has 6 nitrogen and oxygen atoms in total. The van der Waals surface area contributed by atoms with Crippen LogP contribution in [0.1, 0.15) is 39.7 Å². The van der Waals surface area contributed by atoms with Crippen molar-refractivity contribution in [2.45, 2.75) is 58.0 Å². The maximum Gasteiger partial charge on any atom is 0.411 e. The molecule has 1 amide bonds. The van der Waals surface area contributed by atoms with Gasteiger partial charge in [-0.05, 0) is 33.3 Å². The molecule has 1 heterocycles. The Morgan fingerprint density at radius 2 is 1.92 bits per heavy atom. The summed E-state index contributed by atoms with van der Waals surface area (Å²) < 4.78 is 10.7. The van der Waals surface area contributed by atoms with Gasteiger partial charge >= 0.3 is 12.1 Å². The minimum absolute atomic E-state index is 0.0475. The normalized spacial score (nSPS) is 23.9. The first-order valence-electron chi connectivity index (χ1n) is 8.02. The van der Waals surface area contributed by atoms with Gasteiger partial charge in [-0.3, -0.25) is 4.90 Å². The van der Waals surface area contributed by atoms with Gasteiger partial charge in [0.05, 0.1) is 12.6 Å². The first kappa shape index (κ1) is 18.3. The van der Waals surface area contributed by atoms with Crippen molar-refractivity contribution in [1.82, 2.24) is 4.90 Å². The van der Waals surface area contributed by atoms with Crippen LogP contribution in [-0.2, 0) is 20.9 Å². The molecule has 6 heteroatoms. The van der Waals surface area contributed by atoms with Crippen LogP contribution in [0.15, 0.2) is 30.3 Å². The van der Waals surface area contributed by atoms with Crippen LogP contribution < -0.4 is 0 Å². The zero-order chi connectivity index (χ0) is 18.0. The number of aliphatic hydroxyl groups excluding tert-OH is 1. The van der Waals surface area contributed by atoms with Gasteiger partial charge in [-0.25, -0.2) is 9.59 Å². The van der Waals surface area contributed by atoms with Crippen molar-refractivity contribution >= 4 is 12.1 Å². The zero-order valence-corrected chi connectivity index (χ0v) is 14.6. The second-order valence-corrected chi connectivity index (χ2v) is 7.28. The van der Waals surface area contributed by atoms with Gasteiger partial charge in [0.25, 0.3) is 0 Å². The fourth-order valence-corrected chi connectivity index (χ4v) is 2.71. The summed E-state index contributed by atoms with van der Waals surface area (Å²) in [5.74, 6) is -0.547. The summed E-state index contributed by atoms with van der Waals surface area (Å²) in [6, 6.07) is 9.30.